The standard InChI is InChI=1S/C15H20O5/c1-3-4-5-6-12(16)11-7-8-13(14(9-11)19-2)20-10-15(17)18/h7-9H,3-6,10H2,1-2H3,(H,17,18). The predicted octanol–water partition coefficient (Wildman–Crippen LogP) is 2.92. The van der Waals surface area contributed by atoms with E-state index in [0.717, 1.165) is 19.3 Å². The van der Waals surface area contributed by atoms with E-state index >= 15 is 0 Å². The average molecular weight is 280 g/mol. The van der Waals surface area contributed by atoms with Crippen LogP contribution in [0, 0.1) is 0 Å². The van der Waals surface area contributed by atoms with E-state index in [1.54, 1.807) is 18.2 Å². The zero-order valence-corrected chi connectivity index (χ0v) is 11.8. The first-order valence-corrected chi connectivity index (χ1v) is 6.64. The molecule has 0 spiro atoms. The minimum absolute atomic E-state index is 0.0570. The summed E-state index contributed by atoms with van der Waals surface area (Å²) in [7, 11) is 1.45. The molecule has 0 aromatic heterocycles. The van der Waals surface area contributed by atoms with Crippen LogP contribution in [-0.2, 0) is 4.79 Å². The number of carboxylic acids is 1. The summed E-state index contributed by atoms with van der Waals surface area (Å²) in [5.41, 5.74) is 0.556. The molecule has 1 aromatic rings. The molecule has 0 aliphatic rings. The summed E-state index contributed by atoms with van der Waals surface area (Å²) < 4.78 is 10.2. The Balaban J connectivity index is 2.75. The molecule has 0 radical (unpaired) electrons. The van der Waals surface area contributed by atoms with Crippen LogP contribution in [0.25, 0.3) is 0 Å². The number of carbonyl (C=O) groups excluding carboxylic acids is 1. The molecule has 0 atom stereocenters. The van der Waals surface area contributed by atoms with Crippen LogP contribution in [0.4, 0.5) is 0 Å². The van der Waals surface area contributed by atoms with Crippen LogP contribution in [-0.4, -0.2) is 30.6 Å². The molecule has 0 saturated carbocycles. The third-order valence-corrected chi connectivity index (χ3v) is 2.84. The number of ketones is 1. The van der Waals surface area contributed by atoms with E-state index in [0.29, 0.717) is 23.5 Å². The van der Waals surface area contributed by atoms with Gasteiger partial charge in [-0.1, -0.05) is 19.8 Å². The molecule has 1 rings (SSSR count). The lowest BCUT2D eigenvalue weighted by Crippen LogP contribution is -2.10. The summed E-state index contributed by atoms with van der Waals surface area (Å²) in [6.07, 6.45) is 3.47. The van der Waals surface area contributed by atoms with Gasteiger partial charge in [0.1, 0.15) is 0 Å². The van der Waals surface area contributed by atoms with E-state index in [1.165, 1.54) is 7.11 Å². The fourth-order valence-electron chi connectivity index (χ4n) is 1.78. The Kier molecular flexibility index (Phi) is 6.56. The Labute approximate surface area is 118 Å². The van der Waals surface area contributed by atoms with Crippen LogP contribution < -0.4 is 9.47 Å². The van der Waals surface area contributed by atoms with Crippen molar-refractivity contribution in [3.63, 3.8) is 0 Å². The van der Waals surface area contributed by atoms with Crippen molar-refractivity contribution < 1.29 is 24.2 Å². The summed E-state index contributed by atoms with van der Waals surface area (Å²) >= 11 is 0. The molecule has 0 amide bonds. The topological polar surface area (TPSA) is 72.8 Å². The van der Waals surface area contributed by atoms with Gasteiger partial charge in [-0.15, -0.1) is 0 Å². The highest BCUT2D eigenvalue weighted by atomic mass is 16.5. The Morgan fingerprint density at radius 1 is 1.20 bits per heavy atom. The van der Waals surface area contributed by atoms with Crippen molar-refractivity contribution in [3.05, 3.63) is 23.8 Å². The number of benzene rings is 1. The highest BCUT2D eigenvalue weighted by Gasteiger charge is 2.12. The fourth-order valence-corrected chi connectivity index (χ4v) is 1.78. The molecule has 1 aromatic carbocycles. The predicted molar refractivity (Wildman–Crippen MR) is 74.6 cm³/mol. The largest absolute Gasteiger partial charge is 0.493 e. The summed E-state index contributed by atoms with van der Waals surface area (Å²) in [6.45, 7) is 1.64. The maximum Gasteiger partial charge on any atom is 0.341 e. The third-order valence-electron chi connectivity index (χ3n) is 2.84. The summed E-state index contributed by atoms with van der Waals surface area (Å²) in [6, 6.07) is 4.79. The molecule has 0 saturated heterocycles. The molecular weight excluding hydrogens is 260 g/mol. The number of unbranched alkanes of at least 4 members (excludes halogenated alkanes) is 2. The molecular formula is C15H20O5. The molecule has 20 heavy (non-hydrogen) atoms. The van der Waals surface area contributed by atoms with E-state index < -0.39 is 12.6 Å². The van der Waals surface area contributed by atoms with Gasteiger partial charge in [0.2, 0.25) is 0 Å². The van der Waals surface area contributed by atoms with E-state index in [-0.39, 0.29) is 5.78 Å². The molecule has 110 valence electrons. The van der Waals surface area contributed by atoms with Crippen molar-refractivity contribution in [1.29, 1.82) is 0 Å². The fraction of sp³-hybridized carbons (Fsp3) is 0.467. The van der Waals surface area contributed by atoms with Gasteiger partial charge in [-0.3, -0.25) is 4.79 Å². The lowest BCUT2D eigenvalue weighted by molar-refractivity contribution is -0.139. The van der Waals surface area contributed by atoms with Crippen LogP contribution in [0.3, 0.4) is 0 Å². The molecule has 0 unspecified atom stereocenters. The van der Waals surface area contributed by atoms with Gasteiger partial charge in [0, 0.05) is 12.0 Å². The van der Waals surface area contributed by atoms with Crippen LogP contribution in [0.2, 0.25) is 0 Å². The van der Waals surface area contributed by atoms with Gasteiger partial charge in [-0.2, -0.15) is 0 Å². The quantitative estimate of drug-likeness (QED) is 0.556. The van der Waals surface area contributed by atoms with Crippen LogP contribution in [0.5, 0.6) is 11.5 Å². The number of carboxylic acid groups (broad SMARTS) is 1. The third kappa shape index (κ3) is 4.91. The van der Waals surface area contributed by atoms with Crippen molar-refractivity contribution in [2.45, 2.75) is 32.6 Å². The maximum atomic E-state index is 12.0. The number of hydrogen-bond acceptors (Lipinski definition) is 4. The number of Topliss-reactive ketones (excluding diaryl/α,β-unsaturated/α-hetero) is 1. The monoisotopic (exact) mass is 280 g/mol. The van der Waals surface area contributed by atoms with Crippen molar-refractivity contribution in [2.75, 3.05) is 13.7 Å². The van der Waals surface area contributed by atoms with Crippen LogP contribution in [0.1, 0.15) is 43.0 Å². The highest BCUT2D eigenvalue weighted by Crippen LogP contribution is 2.28. The summed E-state index contributed by atoms with van der Waals surface area (Å²) in [5.74, 6) is -0.319. The molecule has 0 heterocycles. The SMILES string of the molecule is CCCCCC(=O)c1ccc(OCC(=O)O)c(OC)c1. The van der Waals surface area contributed by atoms with E-state index in [1.807, 2.05) is 0 Å². The minimum atomic E-state index is -1.06. The van der Waals surface area contributed by atoms with Crippen molar-refractivity contribution >= 4 is 11.8 Å². The number of rotatable bonds is 9. The Morgan fingerprint density at radius 2 is 1.95 bits per heavy atom. The van der Waals surface area contributed by atoms with Crippen molar-refractivity contribution in [2.24, 2.45) is 0 Å². The molecule has 5 nitrogen and oxygen atoms in total. The molecule has 1 N–H and O–H groups in total. The van der Waals surface area contributed by atoms with Gasteiger partial charge in [-0.25, -0.2) is 4.79 Å². The second-order valence-electron chi connectivity index (χ2n) is 4.43. The van der Waals surface area contributed by atoms with Crippen molar-refractivity contribution in [1.82, 2.24) is 0 Å². The zero-order valence-electron chi connectivity index (χ0n) is 11.8. The van der Waals surface area contributed by atoms with Gasteiger partial charge in [0.15, 0.2) is 23.9 Å². The first-order chi connectivity index (χ1) is 9.58. The van der Waals surface area contributed by atoms with E-state index in [9.17, 15) is 9.59 Å². The Morgan fingerprint density at radius 3 is 2.55 bits per heavy atom. The summed E-state index contributed by atoms with van der Waals surface area (Å²) in [5, 5.41) is 8.58. The van der Waals surface area contributed by atoms with Gasteiger partial charge in [0.25, 0.3) is 0 Å². The molecule has 0 aliphatic heterocycles. The number of ether oxygens (including phenoxy) is 2. The van der Waals surface area contributed by atoms with Crippen molar-refractivity contribution in [3.8, 4) is 11.5 Å². The second kappa shape index (κ2) is 8.19. The lowest BCUT2D eigenvalue weighted by atomic mass is 10.0. The molecule has 0 bridgehead atoms. The molecule has 5 heteroatoms. The second-order valence-corrected chi connectivity index (χ2v) is 4.43. The number of carbonyl (C=O) groups is 2. The molecule has 0 fully saturated rings. The number of aliphatic carboxylic acids is 1. The van der Waals surface area contributed by atoms with Gasteiger partial charge in [-0.05, 0) is 24.6 Å². The van der Waals surface area contributed by atoms with Gasteiger partial charge in [0.05, 0.1) is 7.11 Å². The first kappa shape index (κ1) is 16.0. The van der Waals surface area contributed by atoms with E-state index in [2.05, 4.69) is 6.92 Å². The molecule has 0 aliphatic carbocycles. The smallest absolute Gasteiger partial charge is 0.341 e. The van der Waals surface area contributed by atoms with Gasteiger partial charge >= 0.3 is 5.97 Å². The van der Waals surface area contributed by atoms with Crippen LogP contribution in [0.15, 0.2) is 18.2 Å². The van der Waals surface area contributed by atoms with Gasteiger partial charge < -0.3 is 14.6 Å². The average Bonchev–Trinajstić information content (AvgIpc) is 2.44. The lowest BCUT2D eigenvalue weighted by Gasteiger charge is -2.10. The summed E-state index contributed by atoms with van der Waals surface area (Å²) in [4.78, 5) is 22.4. The maximum absolute atomic E-state index is 12.0. The Bertz CT molecular complexity index is 467. The van der Waals surface area contributed by atoms with Crippen LogP contribution >= 0.6 is 0 Å². The van der Waals surface area contributed by atoms with E-state index in [4.69, 9.17) is 14.6 Å². The minimum Gasteiger partial charge on any atom is -0.493 e. The number of methoxy groups -OCH3 is 1. The zero-order chi connectivity index (χ0) is 15.0. The first-order valence-electron chi connectivity index (χ1n) is 6.64. The Hall–Kier alpha value is -2.04. The highest BCUT2D eigenvalue weighted by molar-refractivity contribution is 5.96. The normalized spacial score (nSPS) is 10.1. The number of hydrogen-bond donors (Lipinski definition) is 1.